The van der Waals surface area contributed by atoms with E-state index in [4.69, 9.17) is 5.73 Å². The number of hydrogen-bond acceptors (Lipinski definition) is 3. The summed E-state index contributed by atoms with van der Waals surface area (Å²) in [5.41, 5.74) is 6.42. The van der Waals surface area contributed by atoms with E-state index in [-0.39, 0.29) is 23.7 Å². The number of amides is 1. The van der Waals surface area contributed by atoms with Gasteiger partial charge in [-0.25, -0.2) is 4.39 Å². The van der Waals surface area contributed by atoms with Crippen molar-refractivity contribution in [3.63, 3.8) is 0 Å². The lowest BCUT2D eigenvalue weighted by Crippen LogP contribution is -2.42. The van der Waals surface area contributed by atoms with Gasteiger partial charge in [0.25, 0.3) is 0 Å². The standard InChI is InChI=1S/C16H19FN2OS/c1-16(2,9-15(18)20)19-10-11-5-6-13(17)12(8-11)14-4-3-7-21-14/h3-8,19H,9-10H2,1-2H3,(H2,18,20). The molecule has 1 aromatic heterocycles. The van der Waals surface area contributed by atoms with Crippen LogP contribution in [-0.2, 0) is 11.3 Å². The third-order valence-electron chi connectivity index (χ3n) is 3.20. The molecule has 0 spiro atoms. The van der Waals surface area contributed by atoms with E-state index in [1.165, 1.54) is 17.4 Å². The molecule has 0 atom stereocenters. The number of benzene rings is 1. The summed E-state index contributed by atoms with van der Waals surface area (Å²) in [7, 11) is 0. The van der Waals surface area contributed by atoms with Crippen molar-refractivity contribution in [1.82, 2.24) is 5.32 Å². The molecule has 3 nitrogen and oxygen atoms in total. The molecule has 112 valence electrons. The molecule has 0 aliphatic carbocycles. The van der Waals surface area contributed by atoms with E-state index >= 15 is 0 Å². The molecular weight excluding hydrogens is 287 g/mol. The molecule has 0 bridgehead atoms. The highest BCUT2D eigenvalue weighted by atomic mass is 32.1. The Kier molecular flexibility index (Phi) is 4.75. The summed E-state index contributed by atoms with van der Waals surface area (Å²) in [5, 5.41) is 5.20. The zero-order chi connectivity index (χ0) is 15.5. The average Bonchev–Trinajstić information content (AvgIpc) is 2.90. The van der Waals surface area contributed by atoms with Crippen LogP contribution >= 0.6 is 11.3 Å². The van der Waals surface area contributed by atoms with Crippen LogP contribution in [0.2, 0.25) is 0 Å². The summed E-state index contributed by atoms with van der Waals surface area (Å²) >= 11 is 1.51. The monoisotopic (exact) mass is 306 g/mol. The average molecular weight is 306 g/mol. The molecule has 0 fully saturated rings. The fourth-order valence-electron chi connectivity index (χ4n) is 2.14. The molecule has 0 saturated heterocycles. The molecule has 0 radical (unpaired) electrons. The maximum absolute atomic E-state index is 13.9. The van der Waals surface area contributed by atoms with Crippen molar-refractivity contribution in [3.8, 4) is 10.4 Å². The van der Waals surface area contributed by atoms with E-state index in [1.807, 2.05) is 37.4 Å². The predicted molar refractivity (Wildman–Crippen MR) is 84.4 cm³/mol. The first-order valence-corrected chi connectivity index (χ1v) is 7.61. The van der Waals surface area contributed by atoms with Crippen molar-refractivity contribution in [2.24, 2.45) is 5.73 Å². The Morgan fingerprint density at radius 2 is 2.14 bits per heavy atom. The van der Waals surface area contributed by atoms with Gasteiger partial charge in [0.1, 0.15) is 5.82 Å². The largest absolute Gasteiger partial charge is 0.370 e. The number of halogens is 1. The van der Waals surface area contributed by atoms with E-state index in [0.717, 1.165) is 10.4 Å². The zero-order valence-corrected chi connectivity index (χ0v) is 13.0. The van der Waals surface area contributed by atoms with Gasteiger partial charge in [0.2, 0.25) is 5.91 Å². The number of rotatable bonds is 6. The van der Waals surface area contributed by atoms with Crippen LogP contribution in [0.3, 0.4) is 0 Å². The predicted octanol–water partition coefficient (Wildman–Crippen LogP) is 3.30. The van der Waals surface area contributed by atoms with Crippen LogP contribution in [0, 0.1) is 5.82 Å². The fourth-order valence-corrected chi connectivity index (χ4v) is 2.89. The molecule has 2 aromatic rings. The molecule has 3 N–H and O–H groups in total. The maximum atomic E-state index is 13.9. The molecule has 1 heterocycles. The first-order valence-electron chi connectivity index (χ1n) is 6.73. The Morgan fingerprint density at radius 1 is 1.38 bits per heavy atom. The van der Waals surface area contributed by atoms with Crippen LogP contribution in [0.15, 0.2) is 35.7 Å². The van der Waals surface area contributed by atoms with E-state index in [2.05, 4.69) is 5.32 Å². The van der Waals surface area contributed by atoms with E-state index in [0.29, 0.717) is 12.1 Å². The lowest BCUT2D eigenvalue weighted by Gasteiger charge is -2.25. The van der Waals surface area contributed by atoms with Crippen LogP contribution in [0.1, 0.15) is 25.8 Å². The summed E-state index contributed by atoms with van der Waals surface area (Å²) in [5.74, 6) is -0.566. The van der Waals surface area contributed by atoms with Gasteiger partial charge in [0.15, 0.2) is 0 Å². The highest BCUT2D eigenvalue weighted by molar-refractivity contribution is 7.13. The quantitative estimate of drug-likeness (QED) is 0.860. The van der Waals surface area contributed by atoms with Gasteiger partial charge in [-0.2, -0.15) is 0 Å². The summed E-state index contributed by atoms with van der Waals surface area (Å²) in [4.78, 5) is 11.9. The number of primary amides is 1. The zero-order valence-electron chi connectivity index (χ0n) is 12.2. The van der Waals surface area contributed by atoms with Crippen LogP contribution in [-0.4, -0.2) is 11.4 Å². The number of nitrogens with two attached hydrogens (primary N) is 1. The molecule has 5 heteroatoms. The van der Waals surface area contributed by atoms with Crippen LogP contribution in [0.4, 0.5) is 4.39 Å². The third kappa shape index (κ3) is 4.37. The van der Waals surface area contributed by atoms with E-state index in [1.54, 1.807) is 6.07 Å². The van der Waals surface area contributed by atoms with Crippen molar-refractivity contribution in [3.05, 3.63) is 47.1 Å². The molecule has 0 aliphatic heterocycles. The first kappa shape index (κ1) is 15.7. The van der Waals surface area contributed by atoms with Crippen LogP contribution in [0.25, 0.3) is 10.4 Å². The number of thiophene rings is 1. The minimum atomic E-state index is -0.386. The molecule has 0 aliphatic rings. The highest BCUT2D eigenvalue weighted by Crippen LogP contribution is 2.28. The van der Waals surface area contributed by atoms with E-state index < -0.39 is 0 Å². The summed E-state index contributed by atoms with van der Waals surface area (Å²) < 4.78 is 13.9. The second kappa shape index (κ2) is 6.37. The molecular formula is C16H19FN2OS. The maximum Gasteiger partial charge on any atom is 0.219 e. The molecule has 1 aromatic carbocycles. The van der Waals surface area contributed by atoms with Crippen molar-refractivity contribution in [2.45, 2.75) is 32.4 Å². The van der Waals surface area contributed by atoms with Gasteiger partial charge in [-0.3, -0.25) is 4.79 Å². The fraction of sp³-hybridized carbons (Fsp3) is 0.312. The smallest absolute Gasteiger partial charge is 0.219 e. The first-order chi connectivity index (χ1) is 9.87. The second-order valence-corrected chi connectivity index (χ2v) is 6.62. The molecule has 21 heavy (non-hydrogen) atoms. The number of hydrogen-bond donors (Lipinski definition) is 2. The van der Waals surface area contributed by atoms with Gasteiger partial charge >= 0.3 is 0 Å². The third-order valence-corrected chi connectivity index (χ3v) is 4.11. The Labute approximate surface area is 128 Å². The lowest BCUT2D eigenvalue weighted by molar-refractivity contribution is -0.119. The molecule has 1 amide bonds. The summed E-state index contributed by atoms with van der Waals surface area (Å²) in [6.07, 6.45) is 0.256. The number of carbonyl (C=O) groups excluding carboxylic acids is 1. The van der Waals surface area contributed by atoms with Crippen molar-refractivity contribution in [2.75, 3.05) is 0 Å². The number of carbonyl (C=O) groups is 1. The van der Waals surface area contributed by atoms with Gasteiger partial charge in [-0.15, -0.1) is 11.3 Å². The Balaban J connectivity index is 2.12. The Hall–Kier alpha value is -1.72. The number of nitrogens with one attached hydrogen (secondary N) is 1. The Bertz CT molecular complexity index is 623. The minimum absolute atomic E-state index is 0.224. The SMILES string of the molecule is CC(C)(CC(N)=O)NCc1ccc(F)c(-c2cccs2)c1. The lowest BCUT2D eigenvalue weighted by atomic mass is 9.99. The van der Waals surface area contributed by atoms with Crippen LogP contribution in [0.5, 0.6) is 0 Å². The molecule has 0 saturated carbocycles. The topological polar surface area (TPSA) is 55.1 Å². The van der Waals surface area contributed by atoms with Crippen LogP contribution < -0.4 is 11.1 Å². The van der Waals surface area contributed by atoms with Gasteiger partial charge in [-0.05, 0) is 43.0 Å². The summed E-state index contributed by atoms with van der Waals surface area (Å²) in [6.45, 7) is 4.39. The van der Waals surface area contributed by atoms with Gasteiger partial charge in [-0.1, -0.05) is 12.1 Å². The molecule has 0 unspecified atom stereocenters. The normalized spacial score (nSPS) is 11.6. The van der Waals surface area contributed by atoms with Crippen molar-refractivity contribution >= 4 is 17.2 Å². The van der Waals surface area contributed by atoms with Gasteiger partial charge in [0, 0.05) is 28.9 Å². The molecule has 2 rings (SSSR count). The minimum Gasteiger partial charge on any atom is -0.370 e. The van der Waals surface area contributed by atoms with E-state index in [9.17, 15) is 9.18 Å². The summed E-state index contributed by atoms with van der Waals surface area (Å²) in [6, 6.07) is 8.87. The highest BCUT2D eigenvalue weighted by Gasteiger charge is 2.19. The van der Waals surface area contributed by atoms with Gasteiger partial charge < -0.3 is 11.1 Å². The van der Waals surface area contributed by atoms with Gasteiger partial charge in [0.05, 0.1) is 0 Å². The van der Waals surface area contributed by atoms with Crippen molar-refractivity contribution in [1.29, 1.82) is 0 Å². The Morgan fingerprint density at radius 3 is 2.76 bits per heavy atom. The second-order valence-electron chi connectivity index (χ2n) is 5.67. The van der Waals surface area contributed by atoms with Crippen molar-refractivity contribution < 1.29 is 9.18 Å².